The summed E-state index contributed by atoms with van der Waals surface area (Å²) < 4.78 is 0. The van der Waals surface area contributed by atoms with E-state index >= 15 is 0 Å². The van der Waals surface area contributed by atoms with Crippen LogP contribution in [-0.2, 0) is 4.79 Å². The molecule has 1 N–H and O–H groups in total. The average Bonchev–Trinajstić information content (AvgIpc) is 2.58. The van der Waals surface area contributed by atoms with E-state index in [4.69, 9.17) is 0 Å². The minimum absolute atomic E-state index is 0.0767. The first kappa shape index (κ1) is 19.0. The molecule has 2 amide bonds. The number of carbonyl (C=O) groups is 2. The molecule has 0 aromatic carbocycles. The number of amides is 2. The van der Waals surface area contributed by atoms with Crippen molar-refractivity contribution < 1.29 is 14.7 Å². The highest BCUT2D eigenvalue weighted by molar-refractivity contribution is 5.76. The Labute approximate surface area is 148 Å². The molecule has 1 aromatic rings. The van der Waals surface area contributed by atoms with E-state index in [-0.39, 0.29) is 5.91 Å². The van der Waals surface area contributed by atoms with Crippen molar-refractivity contribution in [2.75, 3.05) is 37.6 Å². The van der Waals surface area contributed by atoms with Gasteiger partial charge in [0.25, 0.3) is 0 Å². The van der Waals surface area contributed by atoms with Gasteiger partial charge in [-0.05, 0) is 33.3 Å². The lowest BCUT2D eigenvalue weighted by Gasteiger charge is -2.35. The molecule has 0 unspecified atom stereocenters. The van der Waals surface area contributed by atoms with E-state index in [2.05, 4.69) is 14.9 Å². The number of rotatable bonds is 5. The highest BCUT2D eigenvalue weighted by atomic mass is 16.4. The first-order valence-electron chi connectivity index (χ1n) is 8.59. The van der Waals surface area contributed by atoms with Crippen LogP contribution in [0.2, 0.25) is 0 Å². The normalized spacial score (nSPS) is 15.2. The zero-order valence-electron chi connectivity index (χ0n) is 15.2. The van der Waals surface area contributed by atoms with Gasteiger partial charge in [-0.25, -0.2) is 14.8 Å². The Balaban J connectivity index is 1.76. The lowest BCUT2D eigenvalue weighted by atomic mass is 10.1. The smallest absolute Gasteiger partial charge is 0.407 e. The van der Waals surface area contributed by atoms with Crippen LogP contribution in [0.5, 0.6) is 0 Å². The fourth-order valence-corrected chi connectivity index (χ4v) is 2.87. The third-order valence-corrected chi connectivity index (χ3v) is 4.28. The summed E-state index contributed by atoms with van der Waals surface area (Å²) in [6.07, 6.45) is 3.37. The number of nitrogens with zero attached hydrogens (tertiary/aromatic N) is 5. The quantitative estimate of drug-likeness (QED) is 0.870. The Morgan fingerprint density at radius 1 is 1.16 bits per heavy atom. The van der Waals surface area contributed by atoms with Crippen LogP contribution >= 0.6 is 0 Å². The minimum atomic E-state index is -0.948. The van der Waals surface area contributed by atoms with E-state index in [1.165, 1.54) is 4.90 Å². The molecular weight excluding hydrogens is 322 g/mol. The molecule has 1 aliphatic rings. The Morgan fingerprint density at radius 2 is 1.76 bits per heavy atom. The van der Waals surface area contributed by atoms with Gasteiger partial charge in [0.05, 0.1) is 0 Å². The van der Waals surface area contributed by atoms with Gasteiger partial charge in [0.2, 0.25) is 11.9 Å². The third-order valence-electron chi connectivity index (χ3n) is 4.28. The van der Waals surface area contributed by atoms with Gasteiger partial charge in [-0.2, -0.15) is 0 Å². The molecule has 0 radical (unpaired) electrons. The third kappa shape index (κ3) is 5.30. The van der Waals surface area contributed by atoms with E-state index < -0.39 is 11.6 Å². The molecular formula is C17H27N5O3. The Kier molecular flexibility index (Phi) is 6.17. The molecule has 2 rings (SSSR count). The van der Waals surface area contributed by atoms with Crippen LogP contribution in [-0.4, -0.2) is 75.1 Å². The van der Waals surface area contributed by atoms with Gasteiger partial charge >= 0.3 is 6.09 Å². The van der Waals surface area contributed by atoms with E-state index in [0.29, 0.717) is 51.5 Å². The Hall–Kier alpha value is -2.38. The van der Waals surface area contributed by atoms with Crippen molar-refractivity contribution in [3.8, 4) is 0 Å². The predicted molar refractivity (Wildman–Crippen MR) is 94.5 cm³/mol. The second-order valence-electron chi connectivity index (χ2n) is 7.13. The molecule has 1 saturated heterocycles. The second kappa shape index (κ2) is 8.13. The topological polar surface area (TPSA) is 89.9 Å². The molecule has 0 saturated carbocycles. The maximum Gasteiger partial charge on any atom is 0.407 e. The van der Waals surface area contributed by atoms with E-state index in [1.807, 2.05) is 25.7 Å². The number of carboxylic acid groups (broad SMARTS) is 1. The first-order valence-corrected chi connectivity index (χ1v) is 8.59. The van der Waals surface area contributed by atoms with Gasteiger partial charge in [0, 0.05) is 57.1 Å². The number of aromatic nitrogens is 2. The largest absolute Gasteiger partial charge is 0.465 e. The summed E-state index contributed by atoms with van der Waals surface area (Å²) in [5.41, 5.74) is -0.462. The van der Waals surface area contributed by atoms with Crippen LogP contribution in [0.3, 0.4) is 0 Å². The van der Waals surface area contributed by atoms with Crippen LogP contribution in [0, 0.1) is 0 Å². The van der Waals surface area contributed by atoms with Crippen LogP contribution in [0.1, 0.15) is 33.6 Å². The number of piperazine rings is 1. The maximum atomic E-state index is 12.4. The molecule has 1 aromatic heterocycles. The number of anilines is 1. The second-order valence-corrected chi connectivity index (χ2v) is 7.13. The zero-order chi connectivity index (χ0) is 18.4. The summed E-state index contributed by atoms with van der Waals surface area (Å²) in [7, 11) is 0. The molecule has 0 spiro atoms. The lowest BCUT2D eigenvalue weighted by Crippen LogP contribution is -2.49. The highest BCUT2D eigenvalue weighted by Crippen LogP contribution is 2.15. The van der Waals surface area contributed by atoms with Crippen molar-refractivity contribution in [3.63, 3.8) is 0 Å². The average molecular weight is 349 g/mol. The van der Waals surface area contributed by atoms with Gasteiger partial charge < -0.3 is 19.8 Å². The molecule has 8 heteroatoms. The first-order chi connectivity index (χ1) is 11.8. The molecule has 8 nitrogen and oxygen atoms in total. The van der Waals surface area contributed by atoms with Crippen LogP contribution < -0.4 is 4.90 Å². The summed E-state index contributed by atoms with van der Waals surface area (Å²) >= 11 is 0. The van der Waals surface area contributed by atoms with E-state index in [9.17, 15) is 14.7 Å². The SMILES string of the molecule is CC(C)(C)N(CCCC(=O)N1CCN(c2ncccn2)CC1)C(=O)O. The molecule has 25 heavy (non-hydrogen) atoms. The molecule has 1 fully saturated rings. The van der Waals surface area contributed by atoms with E-state index in [1.54, 1.807) is 18.5 Å². The van der Waals surface area contributed by atoms with Crippen molar-refractivity contribution in [1.82, 2.24) is 19.8 Å². The van der Waals surface area contributed by atoms with Gasteiger partial charge in [-0.3, -0.25) is 4.79 Å². The number of hydrogen-bond acceptors (Lipinski definition) is 5. The molecule has 138 valence electrons. The maximum absolute atomic E-state index is 12.4. The molecule has 2 heterocycles. The van der Waals surface area contributed by atoms with Crippen molar-refractivity contribution in [3.05, 3.63) is 18.5 Å². The molecule has 0 bridgehead atoms. The monoisotopic (exact) mass is 349 g/mol. The minimum Gasteiger partial charge on any atom is -0.465 e. The van der Waals surface area contributed by atoms with Crippen LogP contribution in [0.4, 0.5) is 10.7 Å². The number of hydrogen-bond donors (Lipinski definition) is 1. The fraction of sp³-hybridized carbons (Fsp3) is 0.647. The Morgan fingerprint density at radius 3 is 2.28 bits per heavy atom. The van der Waals surface area contributed by atoms with Crippen molar-refractivity contribution in [2.45, 2.75) is 39.2 Å². The van der Waals surface area contributed by atoms with Gasteiger partial charge in [-0.15, -0.1) is 0 Å². The predicted octanol–water partition coefficient (Wildman–Crippen LogP) is 1.68. The fourth-order valence-electron chi connectivity index (χ4n) is 2.87. The summed E-state index contributed by atoms with van der Waals surface area (Å²) in [4.78, 5) is 37.4. The number of carbonyl (C=O) groups excluding carboxylic acids is 1. The van der Waals surface area contributed by atoms with Crippen molar-refractivity contribution >= 4 is 17.9 Å². The van der Waals surface area contributed by atoms with Crippen LogP contribution in [0.25, 0.3) is 0 Å². The standard InChI is InChI=1S/C17H27N5O3/c1-17(2,3)22(16(24)25)9-4-6-14(23)20-10-12-21(13-11-20)15-18-7-5-8-19-15/h5,7-8H,4,6,9-13H2,1-3H3,(H,24,25). The van der Waals surface area contributed by atoms with Gasteiger partial charge in [-0.1, -0.05) is 0 Å². The summed E-state index contributed by atoms with van der Waals surface area (Å²) in [6, 6.07) is 1.78. The zero-order valence-corrected chi connectivity index (χ0v) is 15.2. The Bertz CT molecular complexity index is 580. The van der Waals surface area contributed by atoms with Crippen molar-refractivity contribution in [1.29, 1.82) is 0 Å². The van der Waals surface area contributed by atoms with Crippen molar-refractivity contribution in [2.24, 2.45) is 0 Å². The lowest BCUT2D eigenvalue weighted by molar-refractivity contribution is -0.131. The van der Waals surface area contributed by atoms with Gasteiger partial charge in [0.1, 0.15) is 0 Å². The van der Waals surface area contributed by atoms with Gasteiger partial charge in [0.15, 0.2) is 0 Å². The molecule has 0 aliphatic carbocycles. The summed E-state index contributed by atoms with van der Waals surface area (Å²) in [5, 5.41) is 9.27. The van der Waals surface area contributed by atoms with Crippen LogP contribution in [0.15, 0.2) is 18.5 Å². The summed E-state index contributed by atoms with van der Waals surface area (Å²) in [6.45, 7) is 8.62. The van der Waals surface area contributed by atoms with E-state index in [0.717, 1.165) is 0 Å². The summed E-state index contributed by atoms with van der Waals surface area (Å²) in [5.74, 6) is 0.768. The molecule has 1 aliphatic heterocycles. The highest BCUT2D eigenvalue weighted by Gasteiger charge is 2.26. The molecule has 0 atom stereocenters.